The number of carbonyl (C=O) groups excluding carboxylic acids is 2. The highest BCUT2D eigenvalue weighted by Crippen LogP contribution is 2.39. The first-order valence-electron chi connectivity index (χ1n) is 9.38. The average molecular weight is 373 g/mol. The van der Waals surface area contributed by atoms with Gasteiger partial charge in [-0.2, -0.15) is 0 Å². The van der Waals surface area contributed by atoms with Gasteiger partial charge in [-0.05, 0) is 56.0 Å². The lowest BCUT2D eigenvalue weighted by Gasteiger charge is -2.37. The molecule has 7 heteroatoms. The molecule has 3 rings (SSSR count). The van der Waals surface area contributed by atoms with Crippen LogP contribution >= 0.6 is 0 Å². The van der Waals surface area contributed by atoms with E-state index in [0.29, 0.717) is 13.1 Å². The quantitative estimate of drug-likeness (QED) is 0.811. The predicted molar refractivity (Wildman–Crippen MR) is 100 cm³/mol. The second kappa shape index (κ2) is 7.68. The van der Waals surface area contributed by atoms with Gasteiger partial charge >= 0.3 is 5.97 Å². The lowest BCUT2D eigenvalue weighted by molar-refractivity contribution is -0.144. The molecule has 1 aromatic carbocycles. The number of aryl methyl sites for hydroxylation is 1. The molecule has 2 amide bonds. The molecule has 0 aromatic heterocycles. The normalized spacial score (nSPS) is 23.0. The molecule has 0 aliphatic carbocycles. The monoisotopic (exact) mass is 373 g/mol. The van der Waals surface area contributed by atoms with Crippen molar-refractivity contribution < 1.29 is 19.5 Å². The molecular formula is C20H27N3O4. The highest BCUT2D eigenvalue weighted by Gasteiger charge is 2.47. The van der Waals surface area contributed by atoms with Crippen molar-refractivity contribution in [1.29, 1.82) is 0 Å². The highest BCUT2D eigenvalue weighted by atomic mass is 16.4. The lowest BCUT2D eigenvalue weighted by atomic mass is 9.78. The SMILES string of the molecule is Cc1ccc(C(=O)O)cc1CNC(=O)CN1CC[C@@]2(CCCN(C)C2=O)C1. The number of likely N-dealkylation sites (tertiary alicyclic amines) is 2. The summed E-state index contributed by atoms with van der Waals surface area (Å²) in [5.74, 6) is -0.881. The Morgan fingerprint density at radius 1 is 1.26 bits per heavy atom. The number of aromatic carboxylic acids is 1. The van der Waals surface area contributed by atoms with Crippen LogP contribution in [-0.2, 0) is 16.1 Å². The summed E-state index contributed by atoms with van der Waals surface area (Å²) in [4.78, 5) is 39.9. The smallest absolute Gasteiger partial charge is 0.335 e. The van der Waals surface area contributed by atoms with Crippen molar-refractivity contribution in [3.63, 3.8) is 0 Å². The molecule has 27 heavy (non-hydrogen) atoms. The van der Waals surface area contributed by atoms with E-state index in [9.17, 15) is 14.4 Å². The molecule has 2 aliphatic rings. The van der Waals surface area contributed by atoms with Crippen molar-refractivity contribution in [2.24, 2.45) is 5.41 Å². The minimum atomic E-state index is -0.980. The van der Waals surface area contributed by atoms with Gasteiger partial charge in [0.15, 0.2) is 0 Å². The van der Waals surface area contributed by atoms with Gasteiger partial charge in [-0.3, -0.25) is 14.5 Å². The molecule has 2 N–H and O–H groups in total. The van der Waals surface area contributed by atoms with Crippen molar-refractivity contribution in [1.82, 2.24) is 15.1 Å². The largest absolute Gasteiger partial charge is 0.478 e. The molecule has 2 saturated heterocycles. The van der Waals surface area contributed by atoms with Crippen LogP contribution in [0.1, 0.15) is 40.7 Å². The fourth-order valence-electron chi connectivity index (χ4n) is 4.19. The second-order valence-electron chi connectivity index (χ2n) is 7.79. The third-order valence-corrected chi connectivity index (χ3v) is 5.82. The zero-order valence-electron chi connectivity index (χ0n) is 16.0. The van der Waals surface area contributed by atoms with E-state index in [1.54, 1.807) is 18.2 Å². The van der Waals surface area contributed by atoms with E-state index >= 15 is 0 Å². The van der Waals surface area contributed by atoms with Gasteiger partial charge in [0.25, 0.3) is 0 Å². The van der Waals surface area contributed by atoms with Crippen LogP contribution in [0.5, 0.6) is 0 Å². The van der Waals surface area contributed by atoms with E-state index in [4.69, 9.17) is 5.11 Å². The number of amides is 2. The Hall–Kier alpha value is -2.41. The minimum Gasteiger partial charge on any atom is -0.478 e. The molecule has 1 atom stereocenters. The summed E-state index contributed by atoms with van der Waals surface area (Å²) in [7, 11) is 1.85. The van der Waals surface area contributed by atoms with E-state index in [0.717, 1.165) is 43.5 Å². The Kier molecular flexibility index (Phi) is 5.51. The standard InChI is InChI=1S/C20H27N3O4/c1-14-4-5-15(18(25)26)10-16(14)11-21-17(24)12-23-9-7-20(13-23)6-3-8-22(2)19(20)27/h4-5,10H,3,6-9,11-13H2,1-2H3,(H,21,24)(H,25,26)/t20-/m0/s1. The number of piperidine rings is 1. The average Bonchev–Trinajstić information content (AvgIpc) is 3.02. The van der Waals surface area contributed by atoms with Crippen molar-refractivity contribution in [2.45, 2.75) is 32.7 Å². The second-order valence-corrected chi connectivity index (χ2v) is 7.79. The summed E-state index contributed by atoms with van der Waals surface area (Å²) >= 11 is 0. The molecule has 2 aliphatic heterocycles. The fourth-order valence-corrected chi connectivity index (χ4v) is 4.19. The molecule has 1 aromatic rings. The van der Waals surface area contributed by atoms with Crippen LogP contribution in [0.4, 0.5) is 0 Å². The maximum absolute atomic E-state index is 12.6. The number of hydrogen-bond acceptors (Lipinski definition) is 4. The predicted octanol–water partition coefficient (Wildman–Crippen LogP) is 1.25. The van der Waals surface area contributed by atoms with Gasteiger partial charge in [0.1, 0.15) is 0 Å². The molecule has 1 spiro atoms. The number of carboxylic acid groups (broad SMARTS) is 1. The number of rotatable bonds is 5. The van der Waals surface area contributed by atoms with Gasteiger partial charge < -0.3 is 15.3 Å². The van der Waals surface area contributed by atoms with Crippen molar-refractivity contribution in [2.75, 3.05) is 33.2 Å². The van der Waals surface area contributed by atoms with E-state index < -0.39 is 5.97 Å². The van der Waals surface area contributed by atoms with Crippen LogP contribution in [0.25, 0.3) is 0 Å². The zero-order chi connectivity index (χ0) is 19.6. The van der Waals surface area contributed by atoms with Gasteiger partial charge in [-0.25, -0.2) is 4.79 Å². The summed E-state index contributed by atoms with van der Waals surface area (Å²) in [6.45, 7) is 4.65. The third kappa shape index (κ3) is 4.13. The molecule has 146 valence electrons. The Balaban J connectivity index is 1.54. The number of nitrogens with one attached hydrogen (secondary N) is 1. The van der Waals surface area contributed by atoms with E-state index in [1.165, 1.54) is 0 Å². The molecule has 2 heterocycles. The first-order valence-corrected chi connectivity index (χ1v) is 9.38. The zero-order valence-corrected chi connectivity index (χ0v) is 16.0. The van der Waals surface area contributed by atoms with Crippen molar-refractivity contribution in [3.05, 3.63) is 34.9 Å². The number of hydrogen-bond donors (Lipinski definition) is 2. The molecule has 0 bridgehead atoms. The van der Waals surface area contributed by atoms with Gasteiger partial charge in [0, 0.05) is 26.7 Å². The van der Waals surface area contributed by atoms with E-state index in [1.807, 2.05) is 23.8 Å². The van der Waals surface area contributed by atoms with E-state index in [2.05, 4.69) is 5.32 Å². The van der Waals surface area contributed by atoms with Crippen molar-refractivity contribution >= 4 is 17.8 Å². The first-order chi connectivity index (χ1) is 12.8. The number of benzene rings is 1. The minimum absolute atomic E-state index is 0.108. The summed E-state index contributed by atoms with van der Waals surface area (Å²) in [6.07, 6.45) is 2.72. The summed E-state index contributed by atoms with van der Waals surface area (Å²) in [6, 6.07) is 4.91. The topological polar surface area (TPSA) is 89.9 Å². The van der Waals surface area contributed by atoms with Crippen molar-refractivity contribution in [3.8, 4) is 0 Å². The van der Waals surface area contributed by atoms with Crippen LogP contribution in [-0.4, -0.2) is 65.9 Å². The molecule has 7 nitrogen and oxygen atoms in total. The third-order valence-electron chi connectivity index (χ3n) is 5.82. The van der Waals surface area contributed by atoms with Crippen LogP contribution in [0.2, 0.25) is 0 Å². The van der Waals surface area contributed by atoms with Crippen LogP contribution in [0, 0.1) is 12.3 Å². The molecular weight excluding hydrogens is 346 g/mol. The first kappa shape index (κ1) is 19.4. The number of nitrogens with zero attached hydrogens (tertiary/aromatic N) is 2. The molecule has 2 fully saturated rings. The Labute approximate surface area is 159 Å². The fraction of sp³-hybridized carbons (Fsp3) is 0.550. The van der Waals surface area contributed by atoms with Gasteiger partial charge in [-0.15, -0.1) is 0 Å². The van der Waals surface area contributed by atoms with Crippen LogP contribution in [0.15, 0.2) is 18.2 Å². The Morgan fingerprint density at radius 2 is 2.04 bits per heavy atom. The van der Waals surface area contributed by atoms with Gasteiger partial charge in [-0.1, -0.05) is 6.07 Å². The number of carbonyl (C=O) groups is 3. The summed E-state index contributed by atoms with van der Waals surface area (Å²) in [5.41, 5.74) is 1.63. The van der Waals surface area contributed by atoms with E-state index in [-0.39, 0.29) is 29.3 Å². The molecule has 0 unspecified atom stereocenters. The van der Waals surface area contributed by atoms with Gasteiger partial charge in [0.05, 0.1) is 17.5 Å². The molecule has 0 radical (unpaired) electrons. The Morgan fingerprint density at radius 3 is 2.78 bits per heavy atom. The Bertz CT molecular complexity index is 764. The van der Waals surface area contributed by atoms with Gasteiger partial charge in [0.2, 0.25) is 11.8 Å². The highest BCUT2D eigenvalue weighted by molar-refractivity contribution is 5.88. The lowest BCUT2D eigenvalue weighted by Crippen LogP contribution is -2.48. The molecule has 0 saturated carbocycles. The summed E-state index contributed by atoms with van der Waals surface area (Å²) in [5, 5.41) is 12.0. The van der Waals surface area contributed by atoms with Crippen LogP contribution in [0.3, 0.4) is 0 Å². The maximum atomic E-state index is 12.6. The maximum Gasteiger partial charge on any atom is 0.335 e. The summed E-state index contributed by atoms with van der Waals surface area (Å²) < 4.78 is 0. The number of carboxylic acids is 1. The van der Waals surface area contributed by atoms with Crippen LogP contribution < -0.4 is 5.32 Å².